The molecule has 2 N–H and O–H groups in total. The van der Waals surface area contributed by atoms with E-state index in [2.05, 4.69) is 20.4 Å². The first-order valence-corrected chi connectivity index (χ1v) is 9.65. The first kappa shape index (κ1) is 21.4. The number of nitrogens with zero attached hydrogens (tertiary/aromatic N) is 1. The third-order valence-electron chi connectivity index (χ3n) is 3.88. The number of carbonyl (C=O) groups is 1. The normalized spacial score (nSPS) is 11.1. The Kier molecular flexibility index (Phi) is 6.78. The van der Waals surface area contributed by atoms with Crippen LogP contribution in [0.15, 0.2) is 53.9 Å². The summed E-state index contributed by atoms with van der Waals surface area (Å²) in [5.41, 5.74) is 2.09. The number of benzene rings is 2. The number of thiazole rings is 1. The van der Waals surface area contributed by atoms with Crippen molar-refractivity contribution in [2.24, 2.45) is 0 Å². The molecule has 0 aliphatic heterocycles. The number of rotatable bonds is 8. The van der Waals surface area contributed by atoms with E-state index in [0.29, 0.717) is 23.1 Å². The number of aromatic nitrogens is 1. The summed E-state index contributed by atoms with van der Waals surface area (Å²) in [6, 6.07) is 12.7. The zero-order valence-electron chi connectivity index (χ0n) is 15.8. The summed E-state index contributed by atoms with van der Waals surface area (Å²) in [6.45, 7) is 0.393. The number of carbonyl (C=O) groups excluding carboxylic acids is 1. The molecule has 0 atom stereocenters. The number of hydrogen-bond acceptors (Lipinski definition) is 6. The van der Waals surface area contributed by atoms with Crippen LogP contribution in [-0.2, 0) is 17.8 Å². The van der Waals surface area contributed by atoms with Gasteiger partial charge in [0.2, 0.25) is 5.91 Å². The monoisotopic (exact) mass is 437 g/mol. The molecular weight excluding hydrogens is 419 g/mol. The van der Waals surface area contributed by atoms with Gasteiger partial charge in [-0.2, -0.15) is 0 Å². The van der Waals surface area contributed by atoms with E-state index in [9.17, 15) is 18.0 Å². The van der Waals surface area contributed by atoms with E-state index in [1.54, 1.807) is 12.5 Å². The lowest BCUT2D eigenvalue weighted by atomic mass is 10.2. The Morgan fingerprint density at radius 1 is 1.07 bits per heavy atom. The maximum absolute atomic E-state index is 12.2. The number of methoxy groups -OCH3 is 1. The summed E-state index contributed by atoms with van der Waals surface area (Å²) < 4.78 is 45.5. The molecule has 0 saturated heterocycles. The minimum absolute atomic E-state index is 0.118. The van der Waals surface area contributed by atoms with Crippen LogP contribution in [0, 0.1) is 0 Å². The summed E-state index contributed by atoms with van der Waals surface area (Å²) in [6.07, 6.45) is -4.61. The van der Waals surface area contributed by atoms with Crippen molar-refractivity contribution in [1.82, 2.24) is 10.3 Å². The molecule has 0 saturated carbocycles. The van der Waals surface area contributed by atoms with Crippen LogP contribution in [0.2, 0.25) is 0 Å². The molecule has 0 unspecified atom stereocenters. The minimum atomic E-state index is -4.73. The third kappa shape index (κ3) is 6.66. The lowest BCUT2D eigenvalue weighted by molar-refractivity contribution is -0.274. The summed E-state index contributed by atoms with van der Waals surface area (Å²) in [4.78, 5) is 16.5. The highest BCUT2D eigenvalue weighted by Crippen LogP contribution is 2.26. The minimum Gasteiger partial charge on any atom is -0.497 e. The highest BCUT2D eigenvalue weighted by atomic mass is 32.1. The van der Waals surface area contributed by atoms with Crippen molar-refractivity contribution >= 4 is 28.1 Å². The number of nitrogens with one attached hydrogen (secondary N) is 2. The van der Waals surface area contributed by atoms with E-state index in [-0.39, 0.29) is 18.1 Å². The third-order valence-corrected chi connectivity index (χ3v) is 4.69. The van der Waals surface area contributed by atoms with Crippen LogP contribution < -0.4 is 20.1 Å². The van der Waals surface area contributed by atoms with Gasteiger partial charge in [0.25, 0.3) is 0 Å². The van der Waals surface area contributed by atoms with Crippen LogP contribution >= 0.6 is 11.3 Å². The smallest absolute Gasteiger partial charge is 0.497 e. The van der Waals surface area contributed by atoms with Gasteiger partial charge in [-0.25, -0.2) is 4.98 Å². The molecule has 0 fully saturated rings. The lowest BCUT2D eigenvalue weighted by Crippen LogP contribution is -2.24. The molecule has 158 valence electrons. The Bertz CT molecular complexity index is 973. The molecule has 0 aliphatic carbocycles. The van der Waals surface area contributed by atoms with E-state index in [1.807, 2.05) is 24.3 Å². The van der Waals surface area contributed by atoms with Gasteiger partial charge in [0.1, 0.15) is 11.5 Å². The molecular formula is C20H18F3N3O3S. The largest absolute Gasteiger partial charge is 0.573 e. The van der Waals surface area contributed by atoms with Gasteiger partial charge >= 0.3 is 6.36 Å². The predicted molar refractivity (Wildman–Crippen MR) is 107 cm³/mol. The number of amides is 1. The van der Waals surface area contributed by atoms with Gasteiger partial charge in [-0.1, -0.05) is 12.1 Å². The van der Waals surface area contributed by atoms with Crippen LogP contribution in [0.1, 0.15) is 11.3 Å². The van der Waals surface area contributed by atoms with Gasteiger partial charge in [-0.15, -0.1) is 24.5 Å². The van der Waals surface area contributed by atoms with E-state index in [4.69, 9.17) is 4.74 Å². The van der Waals surface area contributed by atoms with E-state index in [1.165, 1.54) is 35.6 Å². The second kappa shape index (κ2) is 9.49. The van der Waals surface area contributed by atoms with E-state index < -0.39 is 6.36 Å². The average molecular weight is 437 g/mol. The van der Waals surface area contributed by atoms with Crippen LogP contribution in [0.5, 0.6) is 11.5 Å². The molecule has 1 aromatic heterocycles. The van der Waals surface area contributed by atoms with Gasteiger partial charge < -0.3 is 20.1 Å². The fraction of sp³-hybridized carbons (Fsp3) is 0.200. The number of anilines is 2. The van der Waals surface area contributed by atoms with Crippen molar-refractivity contribution in [2.45, 2.75) is 19.3 Å². The zero-order valence-corrected chi connectivity index (χ0v) is 16.6. The number of halogens is 3. The number of ether oxygens (including phenoxy) is 2. The Morgan fingerprint density at radius 3 is 2.37 bits per heavy atom. The molecule has 2 aromatic carbocycles. The maximum Gasteiger partial charge on any atom is 0.573 e. The maximum atomic E-state index is 12.2. The molecule has 1 heterocycles. The zero-order chi connectivity index (χ0) is 21.6. The number of alkyl halides is 3. The Morgan fingerprint density at radius 2 is 1.73 bits per heavy atom. The molecule has 0 radical (unpaired) electrons. The van der Waals surface area contributed by atoms with Gasteiger partial charge in [-0.05, 0) is 42.0 Å². The van der Waals surface area contributed by atoms with Gasteiger partial charge in [0.05, 0.1) is 19.2 Å². The van der Waals surface area contributed by atoms with Gasteiger partial charge in [-0.3, -0.25) is 4.79 Å². The Labute approximate surface area is 174 Å². The molecule has 3 rings (SSSR count). The first-order valence-electron chi connectivity index (χ1n) is 8.77. The van der Waals surface area contributed by atoms with Crippen molar-refractivity contribution in [3.63, 3.8) is 0 Å². The molecule has 0 aliphatic rings. The van der Waals surface area contributed by atoms with Crippen molar-refractivity contribution in [2.75, 3.05) is 12.4 Å². The van der Waals surface area contributed by atoms with E-state index in [0.717, 1.165) is 11.3 Å². The fourth-order valence-corrected chi connectivity index (χ4v) is 3.21. The quantitative estimate of drug-likeness (QED) is 0.537. The lowest BCUT2D eigenvalue weighted by Gasteiger charge is -2.09. The SMILES string of the molecule is COc1ccc(CNC(=O)Cc2csc(Nc3ccc(OC(F)(F)F)cc3)n2)cc1. The second-order valence-electron chi connectivity index (χ2n) is 6.14. The molecule has 6 nitrogen and oxygen atoms in total. The van der Waals surface area contributed by atoms with Crippen molar-refractivity contribution < 1.29 is 27.4 Å². The Hall–Kier alpha value is -3.27. The van der Waals surface area contributed by atoms with E-state index >= 15 is 0 Å². The summed E-state index contributed by atoms with van der Waals surface area (Å²) in [5, 5.41) is 8.08. The number of hydrogen-bond donors (Lipinski definition) is 2. The summed E-state index contributed by atoms with van der Waals surface area (Å²) in [7, 11) is 1.59. The highest BCUT2D eigenvalue weighted by Gasteiger charge is 2.30. The molecule has 0 bridgehead atoms. The molecule has 3 aromatic rings. The molecule has 10 heteroatoms. The first-order chi connectivity index (χ1) is 14.3. The summed E-state index contributed by atoms with van der Waals surface area (Å²) >= 11 is 1.29. The molecule has 0 spiro atoms. The van der Waals surface area contributed by atoms with Crippen LogP contribution in [0.3, 0.4) is 0 Å². The fourth-order valence-electron chi connectivity index (χ4n) is 2.48. The van der Waals surface area contributed by atoms with Crippen LogP contribution in [0.25, 0.3) is 0 Å². The molecule has 30 heavy (non-hydrogen) atoms. The van der Waals surface area contributed by atoms with Crippen molar-refractivity contribution in [3.8, 4) is 11.5 Å². The predicted octanol–water partition coefficient (Wildman–Crippen LogP) is 4.65. The highest BCUT2D eigenvalue weighted by molar-refractivity contribution is 7.13. The molecule has 1 amide bonds. The van der Waals surface area contributed by atoms with Crippen LogP contribution in [-0.4, -0.2) is 24.4 Å². The van der Waals surface area contributed by atoms with Gasteiger partial charge in [0.15, 0.2) is 5.13 Å². The van der Waals surface area contributed by atoms with Crippen LogP contribution in [0.4, 0.5) is 24.0 Å². The second-order valence-corrected chi connectivity index (χ2v) is 7.00. The summed E-state index contributed by atoms with van der Waals surface area (Å²) in [5.74, 6) is 0.271. The van der Waals surface area contributed by atoms with Crippen molar-refractivity contribution in [1.29, 1.82) is 0 Å². The van der Waals surface area contributed by atoms with Gasteiger partial charge in [0, 0.05) is 17.6 Å². The topological polar surface area (TPSA) is 72.5 Å². The standard InChI is InChI=1S/C20H18F3N3O3S/c1-28-16-6-2-13(3-7-16)11-24-18(27)10-15-12-30-19(26-15)25-14-4-8-17(9-5-14)29-20(21,22)23/h2-9,12H,10-11H2,1H3,(H,24,27)(H,25,26). The average Bonchev–Trinajstić information content (AvgIpc) is 3.14. The Balaban J connectivity index is 1.48. The van der Waals surface area contributed by atoms with Crippen molar-refractivity contribution in [3.05, 3.63) is 65.2 Å².